The van der Waals surface area contributed by atoms with Crippen LogP contribution in [0, 0.1) is 5.92 Å². The van der Waals surface area contributed by atoms with E-state index in [9.17, 15) is 9.90 Å². The summed E-state index contributed by atoms with van der Waals surface area (Å²) in [6, 6.07) is 0. The van der Waals surface area contributed by atoms with E-state index in [0.717, 1.165) is 25.7 Å². The molecule has 86 valence electrons. The second kappa shape index (κ2) is 4.10. The predicted octanol–water partition coefficient (Wildman–Crippen LogP) is 0.870. The Morgan fingerprint density at radius 2 is 2.07 bits per heavy atom. The first-order chi connectivity index (χ1) is 7.20. The Kier molecular flexibility index (Phi) is 2.98. The molecule has 1 heterocycles. The SMILES string of the molecule is COC(=O)[C@@]1([C@H](O)C2CCCCC2)CO1. The lowest BCUT2D eigenvalue weighted by Gasteiger charge is -2.29. The van der Waals surface area contributed by atoms with E-state index < -0.39 is 17.7 Å². The average molecular weight is 214 g/mol. The van der Waals surface area contributed by atoms with E-state index in [1.165, 1.54) is 13.5 Å². The van der Waals surface area contributed by atoms with Crippen LogP contribution in [0.2, 0.25) is 0 Å². The molecule has 4 nitrogen and oxygen atoms in total. The van der Waals surface area contributed by atoms with Gasteiger partial charge >= 0.3 is 5.97 Å². The topological polar surface area (TPSA) is 59.1 Å². The smallest absolute Gasteiger partial charge is 0.343 e. The molecule has 0 aromatic heterocycles. The molecule has 1 aliphatic heterocycles. The number of carbonyl (C=O) groups is 1. The van der Waals surface area contributed by atoms with Crippen molar-refractivity contribution in [3.8, 4) is 0 Å². The van der Waals surface area contributed by atoms with Crippen molar-refractivity contribution in [1.29, 1.82) is 0 Å². The molecule has 2 aliphatic rings. The highest BCUT2D eigenvalue weighted by atomic mass is 16.7. The van der Waals surface area contributed by atoms with Crippen LogP contribution in [0.1, 0.15) is 32.1 Å². The summed E-state index contributed by atoms with van der Waals surface area (Å²) in [6.07, 6.45) is 4.80. The third-order valence-corrected chi connectivity index (χ3v) is 3.56. The molecule has 0 bridgehead atoms. The van der Waals surface area contributed by atoms with Crippen molar-refractivity contribution in [3.63, 3.8) is 0 Å². The van der Waals surface area contributed by atoms with Gasteiger partial charge in [0.2, 0.25) is 5.60 Å². The number of rotatable bonds is 3. The molecule has 1 aliphatic carbocycles. The quantitative estimate of drug-likeness (QED) is 0.559. The highest BCUT2D eigenvalue weighted by Gasteiger charge is 2.61. The molecule has 1 saturated heterocycles. The number of aliphatic hydroxyl groups is 1. The van der Waals surface area contributed by atoms with Crippen molar-refractivity contribution >= 4 is 5.97 Å². The van der Waals surface area contributed by atoms with Crippen LogP contribution >= 0.6 is 0 Å². The van der Waals surface area contributed by atoms with Gasteiger partial charge in [-0.15, -0.1) is 0 Å². The Bertz CT molecular complexity index is 241. The van der Waals surface area contributed by atoms with Gasteiger partial charge < -0.3 is 14.6 Å². The van der Waals surface area contributed by atoms with E-state index in [4.69, 9.17) is 4.74 Å². The second-order valence-electron chi connectivity index (χ2n) is 4.51. The number of hydrogen-bond donors (Lipinski definition) is 1. The molecular formula is C11H18O4. The maximum atomic E-state index is 11.5. The maximum Gasteiger partial charge on any atom is 0.343 e. The zero-order chi connectivity index (χ0) is 10.9. The van der Waals surface area contributed by atoms with Crippen LogP contribution in [-0.4, -0.2) is 36.5 Å². The number of methoxy groups -OCH3 is 1. The predicted molar refractivity (Wildman–Crippen MR) is 53.3 cm³/mol. The summed E-state index contributed by atoms with van der Waals surface area (Å²) in [5, 5.41) is 10.1. The summed E-state index contributed by atoms with van der Waals surface area (Å²) in [6.45, 7) is 0.303. The largest absolute Gasteiger partial charge is 0.467 e. The fraction of sp³-hybridized carbons (Fsp3) is 0.909. The average Bonchev–Trinajstić information content (AvgIpc) is 3.09. The summed E-state index contributed by atoms with van der Waals surface area (Å²) < 4.78 is 9.80. The summed E-state index contributed by atoms with van der Waals surface area (Å²) in [7, 11) is 1.33. The van der Waals surface area contributed by atoms with Crippen molar-refractivity contribution in [2.24, 2.45) is 5.92 Å². The lowest BCUT2D eigenvalue weighted by Crippen LogP contribution is -2.44. The molecular weight excluding hydrogens is 196 g/mol. The molecule has 0 aromatic carbocycles. The number of ether oxygens (including phenoxy) is 2. The Morgan fingerprint density at radius 3 is 2.53 bits per heavy atom. The van der Waals surface area contributed by atoms with Gasteiger partial charge in [0, 0.05) is 0 Å². The van der Waals surface area contributed by atoms with Gasteiger partial charge in [-0.05, 0) is 18.8 Å². The molecule has 0 aromatic rings. The minimum atomic E-state index is -1.03. The van der Waals surface area contributed by atoms with Crippen LogP contribution in [0.25, 0.3) is 0 Å². The van der Waals surface area contributed by atoms with Crippen LogP contribution in [0.5, 0.6) is 0 Å². The van der Waals surface area contributed by atoms with E-state index >= 15 is 0 Å². The van der Waals surface area contributed by atoms with Crippen LogP contribution < -0.4 is 0 Å². The molecule has 4 heteroatoms. The Hall–Kier alpha value is -0.610. The molecule has 1 saturated carbocycles. The van der Waals surface area contributed by atoms with Gasteiger partial charge in [-0.3, -0.25) is 0 Å². The number of carbonyl (C=O) groups excluding carboxylic acids is 1. The fourth-order valence-corrected chi connectivity index (χ4v) is 2.49. The summed E-state index contributed by atoms with van der Waals surface area (Å²) >= 11 is 0. The zero-order valence-corrected chi connectivity index (χ0v) is 9.07. The van der Waals surface area contributed by atoms with Crippen molar-refractivity contribution in [3.05, 3.63) is 0 Å². The van der Waals surface area contributed by atoms with Crippen LogP contribution in [0.15, 0.2) is 0 Å². The van der Waals surface area contributed by atoms with Gasteiger partial charge in [0.1, 0.15) is 0 Å². The molecule has 2 fully saturated rings. The molecule has 2 rings (SSSR count). The molecule has 1 N–H and O–H groups in total. The minimum absolute atomic E-state index is 0.195. The van der Waals surface area contributed by atoms with Crippen LogP contribution in [0.3, 0.4) is 0 Å². The Balaban J connectivity index is 2.00. The highest BCUT2D eigenvalue weighted by Crippen LogP contribution is 2.40. The number of esters is 1. The highest BCUT2D eigenvalue weighted by molar-refractivity contribution is 5.83. The summed E-state index contributed by atoms with van der Waals surface area (Å²) in [5.41, 5.74) is -1.03. The first-order valence-corrected chi connectivity index (χ1v) is 5.61. The Labute approximate surface area is 89.6 Å². The van der Waals surface area contributed by atoms with Crippen molar-refractivity contribution in [1.82, 2.24) is 0 Å². The van der Waals surface area contributed by atoms with Crippen LogP contribution in [-0.2, 0) is 14.3 Å². The van der Waals surface area contributed by atoms with Crippen molar-refractivity contribution in [2.45, 2.75) is 43.8 Å². The normalized spacial score (nSPS) is 33.5. The molecule has 2 atom stereocenters. The molecule has 0 unspecified atom stereocenters. The van der Waals surface area contributed by atoms with Gasteiger partial charge in [0.25, 0.3) is 0 Å². The second-order valence-corrected chi connectivity index (χ2v) is 4.51. The molecule has 0 radical (unpaired) electrons. The van der Waals surface area contributed by atoms with Gasteiger partial charge in [0.05, 0.1) is 19.8 Å². The van der Waals surface area contributed by atoms with E-state index in [-0.39, 0.29) is 5.92 Å². The third-order valence-electron chi connectivity index (χ3n) is 3.56. The number of hydrogen-bond acceptors (Lipinski definition) is 4. The Morgan fingerprint density at radius 1 is 1.47 bits per heavy atom. The maximum absolute atomic E-state index is 11.5. The van der Waals surface area contributed by atoms with Crippen molar-refractivity contribution < 1.29 is 19.4 Å². The molecule has 15 heavy (non-hydrogen) atoms. The first-order valence-electron chi connectivity index (χ1n) is 5.61. The van der Waals surface area contributed by atoms with Gasteiger partial charge in [-0.1, -0.05) is 19.3 Å². The standard InChI is InChI=1S/C11H18O4/c1-14-10(13)11(7-15-11)9(12)8-5-3-2-4-6-8/h8-9,12H,2-7H2,1H3/t9-,11+/m1/s1. The monoisotopic (exact) mass is 214 g/mol. The third kappa shape index (κ3) is 1.88. The van der Waals surface area contributed by atoms with E-state index in [1.807, 2.05) is 0 Å². The number of epoxide rings is 1. The van der Waals surface area contributed by atoms with Gasteiger partial charge in [0.15, 0.2) is 0 Å². The lowest BCUT2D eigenvalue weighted by atomic mass is 9.80. The summed E-state index contributed by atoms with van der Waals surface area (Å²) in [5.74, 6) is -0.235. The van der Waals surface area contributed by atoms with Crippen molar-refractivity contribution in [2.75, 3.05) is 13.7 Å². The first kappa shape index (κ1) is 10.9. The minimum Gasteiger partial charge on any atom is -0.467 e. The van der Waals surface area contributed by atoms with Gasteiger partial charge in [-0.2, -0.15) is 0 Å². The van der Waals surface area contributed by atoms with Gasteiger partial charge in [-0.25, -0.2) is 4.79 Å². The van der Waals surface area contributed by atoms with E-state index in [1.54, 1.807) is 0 Å². The molecule has 0 spiro atoms. The van der Waals surface area contributed by atoms with E-state index in [0.29, 0.717) is 6.61 Å². The zero-order valence-electron chi connectivity index (χ0n) is 9.07. The number of aliphatic hydroxyl groups excluding tert-OH is 1. The fourth-order valence-electron chi connectivity index (χ4n) is 2.49. The van der Waals surface area contributed by atoms with Crippen LogP contribution in [0.4, 0.5) is 0 Å². The van der Waals surface area contributed by atoms with E-state index in [2.05, 4.69) is 4.74 Å². The summed E-state index contributed by atoms with van der Waals surface area (Å²) in [4.78, 5) is 11.5. The molecule has 0 amide bonds. The lowest BCUT2D eigenvalue weighted by molar-refractivity contribution is -0.153.